The zero-order valence-electron chi connectivity index (χ0n) is 16.5. The first-order valence-electron chi connectivity index (χ1n) is 10.2. The Bertz CT molecular complexity index is 707. The second-order valence-electron chi connectivity index (χ2n) is 8.51. The van der Waals surface area contributed by atoms with Crippen LogP contribution >= 0.6 is 11.6 Å². The number of likely N-dealkylation sites (tertiary alicyclic amines) is 1. The molecule has 3 heterocycles. The molecule has 1 aromatic rings. The Labute approximate surface area is 171 Å². The average Bonchev–Trinajstić information content (AvgIpc) is 2.65. The van der Waals surface area contributed by atoms with E-state index < -0.39 is 4.92 Å². The molecule has 0 aliphatic carbocycles. The summed E-state index contributed by atoms with van der Waals surface area (Å²) in [6.45, 7) is 8.17. The van der Waals surface area contributed by atoms with Crippen LogP contribution in [0.5, 0.6) is 0 Å². The fourth-order valence-electron chi connectivity index (χ4n) is 4.69. The maximum Gasteiger partial charge on any atom is 0.288 e. The molecule has 28 heavy (non-hydrogen) atoms. The van der Waals surface area contributed by atoms with E-state index in [-0.39, 0.29) is 16.3 Å². The van der Waals surface area contributed by atoms with Crippen molar-refractivity contribution in [3.05, 3.63) is 38.9 Å². The Morgan fingerprint density at radius 3 is 2.50 bits per heavy atom. The minimum atomic E-state index is -0.417. The van der Waals surface area contributed by atoms with Gasteiger partial charge in [0.15, 0.2) is 0 Å². The van der Waals surface area contributed by atoms with Crippen molar-refractivity contribution in [2.24, 2.45) is 0 Å². The van der Waals surface area contributed by atoms with E-state index >= 15 is 0 Å². The molecule has 0 aromatic heterocycles. The van der Waals surface area contributed by atoms with E-state index in [9.17, 15) is 10.1 Å². The number of nitrogens with zero attached hydrogens (tertiary/aromatic N) is 4. The summed E-state index contributed by atoms with van der Waals surface area (Å²) in [4.78, 5) is 17.9. The Kier molecular flexibility index (Phi) is 5.90. The third-order valence-corrected chi connectivity index (χ3v) is 6.93. The summed E-state index contributed by atoms with van der Waals surface area (Å²) >= 11 is 6.24. The molecule has 1 atom stereocenters. The molecular formula is C20H29ClN4O3. The molecule has 3 aliphatic rings. The number of hydrogen-bond acceptors (Lipinski definition) is 6. The standard InChI is InChI=1S/C20H29ClN4O3/c1-22-9-11-24(12-10-22)15-17-13-20(28-17)5-7-23(8-6-20)14-16-3-2-4-18(19(16)21)25(26)27/h2-4,17H,5-15H2,1H3/t17-/m1/s1. The number of ether oxygens (including phenoxy) is 1. The first-order valence-corrected chi connectivity index (χ1v) is 10.5. The molecular weight excluding hydrogens is 380 g/mol. The van der Waals surface area contributed by atoms with Crippen molar-refractivity contribution in [3.63, 3.8) is 0 Å². The van der Waals surface area contributed by atoms with Gasteiger partial charge in [-0.05, 0) is 25.5 Å². The van der Waals surface area contributed by atoms with Gasteiger partial charge in [-0.3, -0.25) is 19.9 Å². The lowest BCUT2D eigenvalue weighted by atomic mass is 9.80. The Morgan fingerprint density at radius 2 is 1.86 bits per heavy atom. The van der Waals surface area contributed by atoms with Crippen LogP contribution < -0.4 is 0 Å². The lowest BCUT2D eigenvalue weighted by Crippen LogP contribution is -2.60. The molecule has 3 saturated heterocycles. The molecule has 0 radical (unpaired) electrons. The van der Waals surface area contributed by atoms with Gasteiger partial charge >= 0.3 is 0 Å². The van der Waals surface area contributed by atoms with Gasteiger partial charge in [-0.1, -0.05) is 23.7 Å². The van der Waals surface area contributed by atoms with E-state index in [1.807, 2.05) is 6.07 Å². The molecule has 0 bridgehead atoms. The quantitative estimate of drug-likeness (QED) is 0.551. The largest absolute Gasteiger partial charge is 0.370 e. The lowest BCUT2D eigenvalue weighted by molar-refractivity contribution is -0.384. The highest BCUT2D eigenvalue weighted by molar-refractivity contribution is 6.33. The smallest absolute Gasteiger partial charge is 0.288 e. The fourth-order valence-corrected chi connectivity index (χ4v) is 4.94. The Balaban J connectivity index is 1.24. The van der Waals surface area contributed by atoms with Crippen LogP contribution in [0.15, 0.2) is 18.2 Å². The number of piperazine rings is 1. The summed E-state index contributed by atoms with van der Waals surface area (Å²) in [5.41, 5.74) is 0.872. The van der Waals surface area contributed by atoms with Gasteiger partial charge < -0.3 is 9.64 Å². The van der Waals surface area contributed by atoms with Gasteiger partial charge in [-0.25, -0.2) is 0 Å². The van der Waals surface area contributed by atoms with Crippen LogP contribution in [0.1, 0.15) is 24.8 Å². The normalized spacial score (nSPS) is 26.3. The fraction of sp³-hybridized carbons (Fsp3) is 0.700. The summed E-state index contributed by atoms with van der Waals surface area (Å²) in [6, 6.07) is 5.05. The zero-order valence-corrected chi connectivity index (χ0v) is 17.2. The van der Waals surface area contributed by atoms with Crippen molar-refractivity contribution < 1.29 is 9.66 Å². The van der Waals surface area contributed by atoms with Crippen LogP contribution in [0.2, 0.25) is 5.02 Å². The third kappa shape index (κ3) is 4.33. The van der Waals surface area contributed by atoms with E-state index in [0.29, 0.717) is 12.6 Å². The summed E-state index contributed by atoms with van der Waals surface area (Å²) in [7, 11) is 2.18. The molecule has 3 aliphatic heterocycles. The van der Waals surface area contributed by atoms with E-state index in [1.54, 1.807) is 6.07 Å². The van der Waals surface area contributed by atoms with Crippen molar-refractivity contribution in [2.75, 3.05) is 52.9 Å². The Morgan fingerprint density at radius 1 is 1.18 bits per heavy atom. The van der Waals surface area contributed by atoms with E-state index in [2.05, 4.69) is 21.7 Å². The van der Waals surface area contributed by atoms with Crippen LogP contribution in [0.25, 0.3) is 0 Å². The van der Waals surface area contributed by atoms with Crippen LogP contribution in [-0.2, 0) is 11.3 Å². The zero-order chi connectivity index (χ0) is 19.7. The molecule has 154 valence electrons. The van der Waals surface area contributed by atoms with Crippen LogP contribution in [0.3, 0.4) is 0 Å². The van der Waals surface area contributed by atoms with Crippen molar-refractivity contribution in [2.45, 2.75) is 37.5 Å². The first-order chi connectivity index (χ1) is 13.4. The number of benzene rings is 1. The number of nitro benzene ring substituents is 1. The summed E-state index contributed by atoms with van der Waals surface area (Å²) in [6.07, 6.45) is 3.59. The van der Waals surface area contributed by atoms with Crippen LogP contribution in [0.4, 0.5) is 5.69 Å². The topological polar surface area (TPSA) is 62.1 Å². The third-order valence-electron chi connectivity index (χ3n) is 6.49. The summed E-state index contributed by atoms with van der Waals surface area (Å²) < 4.78 is 6.37. The molecule has 0 N–H and O–H groups in total. The second kappa shape index (κ2) is 8.24. The molecule has 4 rings (SSSR count). The molecule has 0 unspecified atom stereocenters. The van der Waals surface area contributed by atoms with E-state index in [1.165, 1.54) is 6.07 Å². The van der Waals surface area contributed by atoms with Crippen molar-refractivity contribution in [1.82, 2.24) is 14.7 Å². The average molecular weight is 409 g/mol. The maximum absolute atomic E-state index is 11.1. The highest BCUT2D eigenvalue weighted by Gasteiger charge is 2.47. The van der Waals surface area contributed by atoms with Gasteiger partial charge in [0, 0.05) is 64.8 Å². The predicted molar refractivity (Wildman–Crippen MR) is 109 cm³/mol. The molecule has 1 aromatic carbocycles. The minimum Gasteiger partial charge on any atom is -0.370 e. The van der Waals surface area contributed by atoms with Gasteiger partial charge in [-0.15, -0.1) is 0 Å². The van der Waals surface area contributed by atoms with Crippen molar-refractivity contribution in [1.29, 1.82) is 0 Å². The predicted octanol–water partition coefficient (Wildman–Crippen LogP) is 2.62. The number of nitro groups is 1. The van der Waals surface area contributed by atoms with Gasteiger partial charge in [0.2, 0.25) is 0 Å². The van der Waals surface area contributed by atoms with Crippen molar-refractivity contribution in [3.8, 4) is 0 Å². The number of piperidine rings is 1. The lowest BCUT2D eigenvalue weighted by Gasteiger charge is -2.53. The number of hydrogen-bond donors (Lipinski definition) is 0. The molecule has 3 fully saturated rings. The highest BCUT2D eigenvalue weighted by Crippen LogP contribution is 2.42. The highest BCUT2D eigenvalue weighted by atomic mass is 35.5. The monoisotopic (exact) mass is 408 g/mol. The van der Waals surface area contributed by atoms with Gasteiger partial charge in [0.25, 0.3) is 5.69 Å². The van der Waals surface area contributed by atoms with Gasteiger partial charge in [-0.2, -0.15) is 0 Å². The van der Waals surface area contributed by atoms with Gasteiger partial charge in [0.05, 0.1) is 16.6 Å². The SMILES string of the molecule is CN1CCN(C[C@H]2CC3(CCN(Cc4cccc([N+](=O)[O-])c4Cl)CC3)O2)CC1. The van der Waals surface area contributed by atoms with Gasteiger partial charge in [0.1, 0.15) is 5.02 Å². The second-order valence-corrected chi connectivity index (χ2v) is 8.89. The summed E-state index contributed by atoms with van der Waals surface area (Å²) in [5.74, 6) is 0. The van der Waals surface area contributed by atoms with E-state index in [4.69, 9.17) is 16.3 Å². The number of halogens is 1. The molecule has 1 spiro atoms. The maximum atomic E-state index is 11.1. The minimum absolute atomic E-state index is 0.0123. The molecule has 0 saturated carbocycles. The van der Waals surface area contributed by atoms with Crippen LogP contribution in [-0.4, -0.2) is 84.2 Å². The summed E-state index contributed by atoms with van der Waals surface area (Å²) in [5, 5.41) is 11.3. The number of likely N-dealkylation sites (N-methyl/N-ethyl adjacent to an activating group) is 1. The number of rotatable bonds is 5. The Hall–Kier alpha value is -1.25. The molecule has 8 heteroatoms. The molecule has 7 nitrogen and oxygen atoms in total. The molecule has 0 amide bonds. The van der Waals surface area contributed by atoms with E-state index in [0.717, 1.165) is 70.6 Å². The van der Waals surface area contributed by atoms with Crippen molar-refractivity contribution >= 4 is 17.3 Å². The van der Waals surface area contributed by atoms with Crippen LogP contribution in [0, 0.1) is 10.1 Å². The first kappa shape index (κ1) is 20.0.